The number of halogens is 2. The Morgan fingerprint density at radius 1 is 1.17 bits per heavy atom. The average Bonchev–Trinajstić information content (AvgIpc) is 3.20. The fourth-order valence-corrected chi connectivity index (χ4v) is 4.46. The third-order valence-electron chi connectivity index (χ3n) is 4.89. The van der Waals surface area contributed by atoms with Crippen molar-refractivity contribution in [1.82, 2.24) is 19.3 Å². The normalized spacial score (nSPS) is 12.4. The summed E-state index contributed by atoms with van der Waals surface area (Å²) in [5.74, 6) is 0.908. The van der Waals surface area contributed by atoms with Crippen molar-refractivity contribution in [3.8, 4) is 11.4 Å². The average molecular weight is 435 g/mol. The molecule has 9 heteroatoms. The number of carbonyl (C=O) groups is 1. The van der Waals surface area contributed by atoms with Crippen LogP contribution >= 0.6 is 11.8 Å². The summed E-state index contributed by atoms with van der Waals surface area (Å²) in [5, 5.41) is 8.65. The summed E-state index contributed by atoms with van der Waals surface area (Å²) < 4.78 is 33.0. The van der Waals surface area contributed by atoms with Gasteiger partial charge in [-0.05, 0) is 65.0 Å². The van der Waals surface area contributed by atoms with Gasteiger partial charge in [-0.1, -0.05) is 11.8 Å². The van der Waals surface area contributed by atoms with Crippen molar-refractivity contribution in [2.75, 3.05) is 0 Å². The molecule has 2 heterocycles. The van der Waals surface area contributed by atoms with Gasteiger partial charge >= 0.3 is 6.61 Å². The van der Waals surface area contributed by atoms with E-state index in [9.17, 15) is 13.6 Å². The zero-order chi connectivity index (χ0) is 22.0. The summed E-state index contributed by atoms with van der Waals surface area (Å²) in [4.78, 5) is 13.2. The van der Waals surface area contributed by atoms with Crippen molar-refractivity contribution >= 4 is 17.5 Å². The van der Waals surface area contributed by atoms with Gasteiger partial charge in [0, 0.05) is 29.2 Å². The molecule has 0 bridgehead atoms. The van der Waals surface area contributed by atoms with Crippen LogP contribution in [0.25, 0.3) is 5.69 Å². The summed E-state index contributed by atoms with van der Waals surface area (Å²) in [5.41, 5.74) is 3.07. The molecule has 1 atom stereocenters. The summed E-state index contributed by atoms with van der Waals surface area (Å²) in [6, 6.07) is 8.21. The fraction of sp³-hybridized carbons (Fsp3) is 0.381. The number of ketones is 1. The molecule has 0 aliphatic carbocycles. The molecule has 0 spiro atoms. The highest BCUT2D eigenvalue weighted by Gasteiger charge is 2.24. The molecule has 0 saturated heterocycles. The lowest BCUT2D eigenvalue weighted by Gasteiger charge is -2.13. The summed E-state index contributed by atoms with van der Waals surface area (Å²) >= 11 is 1.39. The van der Waals surface area contributed by atoms with E-state index >= 15 is 0 Å². The molecule has 1 unspecified atom stereocenters. The second-order valence-corrected chi connectivity index (χ2v) is 8.20. The van der Waals surface area contributed by atoms with Crippen LogP contribution in [0, 0.1) is 20.8 Å². The summed E-state index contributed by atoms with van der Waals surface area (Å²) in [6.45, 7) is 7.41. The van der Waals surface area contributed by atoms with Gasteiger partial charge in [-0.15, -0.1) is 10.2 Å². The topological polar surface area (TPSA) is 61.9 Å². The van der Waals surface area contributed by atoms with E-state index in [0.29, 0.717) is 5.56 Å². The second-order valence-electron chi connectivity index (χ2n) is 6.89. The van der Waals surface area contributed by atoms with Gasteiger partial charge in [-0.2, -0.15) is 8.78 Å². The minimum atomic E-state index is -2.86. The third kappa shape index (κ3) is 4.40. The lowest BCUT2D eigenvalue weighted by Crippen LogP contribution is -2.16. The molecule has 0 fully saturated rings. The van der Waals surface area contributed by atoms with Crippen molar-refractivity contribution in [1.29, 1.82) is 0 Å². The minimum absolute atomic E-state index is 0.000287. The largest absolute Gasteiger partial charge is 0.435 e. The van der Waals surface area contributed by atoms with E-state index < -0.39 is 6.61 Å². The van der Waals surface area contributed by atoms with Crippen LogP contribution in [0.4, 0.5) is 8.78 Å². The molecule has 2 aromatic heterocycles. The van der Waals surface area contributed by atoms with Gasteiger partial charge in [0.15, 0.2) is 10.9 Å². The van der Waals surface area contributed by atoms with E-state index in [1.54, 1.807) is 12.1 Å². The van der Waals surface area contributed by atoms with Crippen LogP contribution < -0.4 is 4.74 Å². The predicted octanol–water partition coefficient (Wildman–Crippen LogP) is 4.98. The summed E-state index contributed by atoms with van der Waals surface area (Å²) in [6.07, 6.45) is 0. The fourth-order valence-electron chi connectivity index (χ4n) is 3.43. The molecular weight excluding hydrogens is 410 g/mol. The SMILES string of the molecule is CCn1c(C)nnc1SC(C)C(=O)c1cc(C)n(-c2ccc(OC(F)F)cc2)c1C. The van der Waals surface area contributed by atoms with Gasteiger partial charge in [0.2, 0.25) is 0 Å². The van der Waals surface area contributed by atoms with E-state index in [-0.39, 0.29) is 16.8 Å². The van der Waals surface area contributed by atoms with E-state index in [0.717, 1.165) is 34.6 Å². The molecule has 0 N–H and O–H groups in total. The maximum atomic E-state index is 13.2. The Balaban J connectivity index is 1.84. The molecule has 3 rings (SSSR count). The highest BCUT2D eigenvalue weighted by atomic mass is 32.2. The Morgan fingerprint density at radius 2 is 1.83 bits per heavy atom. The number of carbonyl (C=O) groups excluding carboxylic acids is 1. The minimum Gasteiger partial charge on any atom is -0.435 e. The number of aryl methyl sites for hydroxylation is 2. The Labute approximate surface area is 178 Å². The second kappa shape index (κ2) is 8.99. The molecule has 3 aromatic rings. The first-order chi connectivity index (χ1) is 14.2. The number of ether oxygens (including phenoxy) is 1. The molecule has 160 valence electrons. The number of hydrogen-bond donors (Lipinski definition) is 0. The predicted molar refractivity (Wildman–Crippen MR) is 112 cm³/mol. The molecule has 0 amide bonds. The molecule has 0 aliphatic rings. The van der Waals surface area contributed by atoms with Crippen molar-refractivity contribution in [3.63, 3.8) is 0 Å². The van der Waals surface area contributed by atoms with E-state index in [1.165, 1.54) is 23.9 Å². The van der Waals surface area contributed by atoms with Crippen molar-refractivity contribution in [2.45, 2.75) is 58.2 Å². The number of hydrogen-bond acceptors (Lipinski definition) is 5. The highest BCUT2D eigenvalue weighted by molar-refractivity contribution is 8.00. The number of alkyl halides is 2. The van der Waals surface area contributed by atoms with Gasteiger partial charge in [-0.25, -0.2) is 0 Å². The molecule has 0 radical (unpaired) electrons. The number of nitrogens with zero attached hydrogens (tertiary/aromatic N) is 4. The van der Waals surface area contributed by atoms with Crippen LogP contribution in [-0.2, 0) is 6.54 Å². The van der Waals surface area contributed by atoms with Crippen molar-refractivity contribution < 1.29 is 18.3 Å². The van der Waals surface area contributed by atoms with Crippen LogP contribution in [0.1, 0.15) is 41.4 Å². The maximum absolute atomic E-state index is 13.2. The van der Waals surface area contributed by atoms with Gasteiger partial charge < -0.3 is 13.9 Å². The van der Waals surface area contributed by atoms with Crippen LogP contribution in [-0.4, -0.2) is 37.0 Å². The van der Waals surface area contributed by atoms with Crippen LogP contribution in [0.15, 0.2) is 35.5 Å². The Hall–Kier alpha value is -2.68. The van der Waals surface area contributed by atoms with Crippen molar-refractivity contribution in [3.05, 3.63) is 53.1 Å². The molecule has 6 nitrogen and oxygen atoms in total. The Bertz CT molecular complexity index is 1040. The lowest BCUT2D eigenvalue weighted by atomic mass is 10.1. The number of thioether (sulfide) groups is 1. The number of aromatic nitrogens is 4. The third-order valence-corrected chi connectivity index (χ3v) is 5.97. The van der Waals surface area contributed by atoms with Crippen LogP contribution in [0.3, 0.4) is 0 Å². The van der Waals surface area contributed by atoms with Gasteiger partial charge in [0.1, 0.15) is 11.6 Å². The van der Waals surface area contributed by atoms with Crippen molar-refractivity contribution in [2.24, 2.45) is 0 Å². The highest BCUT2D eigenvalue weighted by Crippen LogP contribution is 2.29. The van der Waals surface area contributed by atoms with Gasteiger partial charge in [0.25, 0.3) is 0 Å². The van der Waals surface area contributed by atoms with Crippen LogP contribution in [0.5, 0.6) is 5.75 Å². The molecule has 1 aromatic carbocycles. The maximum Gasteiger partial charge on any atom is 0.387 e. The molecular formula is C21H24F2N4O2S. The number of rotatable bonds is 8. The zero-order valence-corrected chi connectivity index (χ0v) is 18.3. The first-order valence-electron chi connectivity index (χ1n) is 9.57. The Kier molecular flexibility index (Phi) is 6.60. The monoisotopic (exact) mass is 434 g/mol. The van der Waals surface area contributed by atoms with Crippen LogP contribution in [0.2, 0.25) is 0 Å². The summed E-state index contributed by atoms with van der Waals surface area (Å²) in [7, 11) is 0. The first-order valence-corrected chi connectivity index (χ1v) is 10.5. The molecule has 30 heavy (non-hydrogen) atoms. The van der Waals surface area contributed by atoms with Gasteiger partial charge in [0.05, 0.1) is 5.25 Å². The van der Waals surface area contributed by atoms with E-state index in [4.69, 9.17) is 0 Å². The molecule has 0 saturated carbocycles. The van der Waals surface area contributed by atoms with Gasteiger partial charge in [-0.3, -0.25) is 4.79 Å². The standard InChI is InChI=1S/C21H24F2N4O2S/c1-6-26-15(5)24-25-21(26)30-14(4)19(28)18-11-12(2)27(13(18)3)16-7-9-17(10-8-16)29-20(22)23/h7-11,14,20H,6H2,1-5H3. The first kappa shape index (κ1) is 22.0. The smallest absolute Gasteiger partial charge is 0.387 e. The lowest BCUT2D eigenvalue weighted by molar-refractivity contribution is -0.0498. The number of Topliss-reactive ketones (excluding diaryl/α,β-unsaturated/α-hetero) is 1. The molecule has 0 aliphatic heterocycles. The zero-order valence-electron chi connectivity index (χ0n) is 17.5. The van der Waals surface area contributed by atoms with E-state index in [1.807, 2.05) is 49.8 Å². The number of benzene rings is 1. The Morgan fingerprint density at radius 3 is 2.43 bits per heavy atom. The van der Waals surface area contributed by atoms with E-state index in [2.05, 4.69) is 14.9 Å². The quantitative estimate of drug-likeness (QED) is 0.370.